The summed E-state index contributed by atoms with van der Waals surface area (Å²) in [5, 5.41) is 0.910. The topological polar surface area (TPSA) is 77.0 Å². The molecule has 0 spiro atoms. The molecule has 0 bridgehead atoms. The summed E-state index contributed by atoms with van der Waals surface area (Å²) in [7, 11) is -3.61. The van der Waals surface area contributed by atoms with Crippen LogP contribution in [-0.4, -0.2) is 18.4 Å². The van der Waals surface area contributed by atoms with E-state index in [2.05, 4.69) is 9.97 Å². The fourth-order valence-electron chi connectivity index (χ4n) is 2.70. The van der Waals surface area contributed by atoms with Gasteiger partial charge in [0.25, 0.3) is 5.56 Å². The molecule has 0 aliphatic carbocycles. The first-order chi connectivity index (χ1) is 13.0. The third-order valence-corrected chi connectivity index (χ3v) is 6.64. The average molecular weight is 394 g/mol. The SMILES string of the molecule is O=c1nc(-c2cccc(S(=O)(=O)Cc3ccccc3)n2)sc2ccccc12. The van der Waals surface area contributed by atoms with E-state index in [4.69, 9.17) is 0 Å². The van der Waals surface area contributed by atoms with E-state index in [9.17, 15) is 13.2 Å². The molecule has 0 atom stereocenters. The molecular weight excluding hydrogens is 380 g/mol. The summed E-state index contributed by atoms with van der Waals surface area (Å²) in [6, 6.07) is 20.9. The Hall–Kier alpha value is -2.90. The lowest BCUT2D eigenvalue weighted by Gasteiger charge is -2.06. The first-order valence-electron chi connectivity index (χ1n) is 8.17. The normalized spacial score (nSPS) is 11.6. The molecule has 0 unspecified atom stereocenters. The number of hydrogen-bond donors (Lipinski definition) is 0. The van der Waals surface area contributed by atoms with Crippen LogP contribution in [0.25, 0.3) is 20.8 Å². The minimum Gasteiger partial charge on any atom is -0.267 e. The van der Waals surface area contributed by atoms with Crippen molar-refractivity contribution in [3.05, 3.63) is 88.7 Å². The van der Waals surface area contributed by atoms with Crippen LogP contribution < -0.4 is 5.56 Å². The van der Waals surface area contributed by atoms with E-state index in [1.54, 1.807) is 48.5 Å². The maximum absolute atomic E-state index is 12.7. The van der Waals surface area contributed by atoms with Crippen molar-refractivity contribution < 1.29 is 8.42 Å². The lowest BCUT2D eigenvalue weighted by Crippen LogP contribution is -2.09. The number of pyridine rings is 1. The van der Waals surface area contributed by atoms with Crippen molar-refractivity contribution in [3.63, 3.8) is 0 Å². The average Bonchev–Trinajstić information content (AvgIpc) is 2.68. The van der Waals surface area contributed by atoms with Gasteiger partial charge >= 0.3 is 0 Å². The second kappa shape index (κ2) is 7.02. The van der Waals surface area contributed by atoms with E-state index in [1.165, 1.54) is 17.4 Å². The Bertz CT molecular complexity index is 1280. The van der Waals surface area contributed by atoms with Crippen LogP contribution >= 0.6 is 11.3 Å². The van der Waals surface area contributed by atoms with Crippen LogP contribution in [-0.2, 0) is 15.6 Å². The lowest BCUT2D eigenvalue weighted by molar-refractivity contribution is 0.591. The molecule has 0 aliphatic heterocycles. The minimum atomic E-state index is -3.61. The molecule has 4 aromatic rings. The van der Waals surface area contributed by atoms with E-state index in [-0.39, 0.29) is 16.3 Å². The van der Waals surface area contributed by atoms with E-state index in [1.807, 2.05) is 18.2 Å². The zero-order valence-corrected chi connectivity index (χ0v) is 15.7. The third kappa shape index (κ3) is 3.65. The summed E-state index contributed by atoms with van der Waals surface area (Å²) in [6.07, 6.45) is 0. The van der Waals surface area contributed by atoms with Gasteiger partial charge in [-0.15, -0.1) is 11.3 Å². The molecule has 0 amide bonds. The zero-order valence-electron chi connectivity index (χ0n) is 14.1. The molecule has 27 heavy (non-hydrogen) atoms. The van der Waals surface area contributed by atoms with Crippen molar-refractivity contribution in [2.75, 3.05) is 0 Å². The maximum Gasteiger partial charge on any atom is 0.279 e. The molecule has 0 saturated heterocycles. The van der Waals surface area contributed by atoms with Crippen LogP contribution in [0.3, 0.4) is 0 Å². The highest BCUT2D eigenvalue weighted by atomic mass is 32.2. The predicted octanol–water partition coefficient (Wildman–Crippen LogP) is 3.69. The van der Waals surface area contributed by atoms with Crippen molar-refractivity contribution in [1.29, 1.82) is 0 Å². The van der Waals surface area contributed by atoms with Crippen molar-refractivity contribution in [2.45, 2.75) is 10.8 Å². The Labute approximate surface area is 159 Å². The predicted molar refractivity (Wildman–Crippen MR) is 106 cm³/mol. The number of rotatable bonds is 4. The highest BCUT2D eigenvalue weighted by Crippen LogP contribution is 2.26. The monoisotopic (exact) mass is 394 g/mol. The smallest absolute Gasteiger partial charge is 0.267 e. The maximum atomic E-state index is 12.7. The molecule has 134 valence electrons. The van der Waals surface area contributed by atoms with Crippen LogP contribution in [0.4, 0.5) is 0 Å². The Kier molecular flexibility index (Phi) is 4.55. The van der Waals surface area contributed by atoms with Gasteiger partial charge in [-0.25, -0.2) is 13.4 Å². The Balaban J connectivity index is 1.76. The van der Waals surface area contributed by atoms with Crippen LogP contribution in [0.1, 0.15) is 5.56 Å². The van der Waals surface area contributed by atoms with Crippen molar-refractivity contribution in [3.8, 4) is 10.7 Å². The Morgan fingerprint density at radius 3 is 2.37 bits per heavy atom. The molecule has 0 N–H and O–H groups in total. The fraction of sp³-hybridized carbons (Fsp3) is 0.0500. The first kappa shape index (κ1) is 17.5. The molecule has 2 aromatic heterocycles. The molecule has 0 radical (unpaired) electrons. The quantitative estimate of drug-likeness (QED) is 0.528. The zero-order chi connectivity index (χ0) is 18.9. The molecule has 0 saturated carbocycles. The van der Waals surface area contributed by atoms with Crippen molar-refractivity contribution in [1.82, 2.24) is 9.97 Å². The number of nitrogens with zero attached hydrogens (tertiary/aromatic N) is 2. The minimum absolute atomic E-state index is 0.0292. The van der Waals surface area contributed by atoms with Gasteiger partial charge in [0.05, 0.1) is 11.1 Å². The second-order valence-corrected chi connectivity index (χ2v) is 8.89. The molecule has 4 rings (SSSR count). The van der Waals surface area contributed by atoms with Gasteiger partial charge < -0.3 is 0 Å². The van der Waals surface area contributed by atoms with Crippen LogP contribution in [0, 0.1) is 0 Å². The van der Waals surface area contributed by atoms with Crippen LogP contribution in [0.2, 0.25) is 0 Å². The van der Waals surface area contributed by atoms with Gasteiger partial charge in [0.2, 0.25) is 0 Å². The number of aromatic nitrogens is 2. The number of hydrogen-bond acceptors (Lipinski definition) is 6. The highest BCUT2D eigenvalue weighted by Gasteiger charge is 2.18. The molecular formula is C20H14N2O3S2. The summed E-state index contributed by atoms with van der Waals surface area (Å²) in [5.41, 5.74) is 0.717. The molecule has 5 nitrogen and oxygen atoms in total. The molecule has 7 heteroatoms. The summed E-state index contributed by atoms with van der Waals surface area (Å²) < 4.78 is 26.2. The first-order valence-corrected chi connectivity index (χ1v) is 10.6. The fourth-order valence-corrected chi connectivity index (χ4v) is 4.97. The number of sulfone groups is 1. The Morgan fingerprint density at radius 2 is 1.56 bits per heavy atom. The van der Waals surface area contributed by atoms with E-state index in [0.717, 1.165) is 4.70 Å². The van der Waals surface area contributed by atoms with Gasteiger partial charge in [0, 0.05) is 4.70 Å². The van der Waals surface area contributed by atoms with Gasteiger partial charge in [0.15, 0.2) is 14.9 Å². The third-order valence-electron chi connectivity index (χ3n) is 3.99. The van der Waals surface area contributed by atoms with E-state index in [0.29, 0.717) is 21.7 Å². The van der Waals surface area contributed by atoms with Gasteiger partial charge in [-0.05, 0) is 29.8 Å². The van der Waals surface area contributed by atoms with Crippen LogP contribution in [0.5, 0.6) is 0 Å². The van der Waals surface area contributed by atoms with Gasteiger partial charge in [-0.2, -0.15) is 4.98 Å². The van der Waals surface area contributed by atoms with Crippen molar-refractivity contribution in [2.24, 2.45) is 0 Å². The number of fused-ring (bicyclic) bond motifs is 1. The highest BCUT2D eigenvalue weighted by molar-refractivity contribution is 7.90. The molecule has 2 heterocycles. The second-order valence-electron chi connectivity index (χ2n) is 5.93. The molecule has 0 fully saturated rings. The summed E-state index contributed by atoms with van der Waals surface area (Å²) in [4.78, 5) is 20.6. The molecule has 2 aromatic carbocycles. The largest absolute Gasteiger partial charge is 0.279 e. The molecule has 0 aliphatic rings. The summed E-state index contributed by atoms with van der Waals surface area (Å²) in [6.45, 7) is 0. The summed E-state index contributed by atoms with van der Waals surface area (Å²) >= 11 is 1.31. The Morgan fingerprint density at radius 1 is 0.815 bits per heavy atom. The number of benzene rings is 2. The van der Waals surface area contributed by atoms with Gasteiger partial charge in [-0.1, -0.05) is 48.5 Å². The lowest BCUT2D eigenvalue weighted by atomic mass is 10.2. The van der Waals surface area contributed by atoms with E-state index >= 15 is 0 Å². The van der Waals surface area contributed by atoms with Gasteiger partial charge in [0.1, 0.15) is 10.7 Å². The standard InChI is InChI=1S/C20H14N2O3S2/c23-19-15-9-4-5-11-17(15)26-20(22-19)16-10-6-12-18(21-16)27(24,25)13-14-7-2-1-3-8-14/h1-12H,13H2. The van der Waals surface area contributed by atoms with Crippen LogP contribution in [0.15, 0.2) is 82.6 Å². The van der Waals surface area contributed by atoms with E-state index < -0.39 is 9.84 Å². The van der Waals surface area contributed by atoms with Gasteiger partial charge in [-0.3, -0.25) is 4.79 Å². The van der Waals surface area contributed by atoms with Crippen molar-refractivity contribution >= 4 is 31.3 Å². The summed E-state index contributed by atoms with van der Waals surface area (Å²) in [5.74, 6) is -0.133.